The SMILES string of the molecule is CCOc1ccc(C2CCC(C3CCC(c4ccc(C5CCC(C)CC5)cc4F)CC3)CC2)cc1. The van der Waals surface area contributed by atoms with Crippen molar-refractivity contribution in [3.8, 4) is 5.75 Å². The average Bonchev–Trinajstić information content (AvgIpc) is 2.90. The summed E-state index contributed by atoms with van der Waals surface area (Å²) in [6, 6.07) is 15.1. The molecular weight excluding hydrogens is 431 g/mol. The number of rotatable bonds is 6. The van der Waals surface area contributed by atoms with Crippen LogP contribution in [0.1, 0.15) is 125 Å². The Morgan fingerprint density at radius 3 is 1.74 bits per heavy atom. The number of halogens is 1. The molecule has 2 heteroatoms. The van der Waals surface area contributed by atoms with E-state index in [4.69, 9.17) is 4.74 Å². The maximum Gasteiger partial charge on any atom is 0.126 e. The Morgan fingerprint density at radius 2 is 1.17 bits per heavy atom. The predicted molar refractivity (Wildman–Crippen MR) is 144 cm³/mol. The van der Waals surface area contributed by atoms with Crippen LogP contribution in [0.3, 0.4) is 0 Å². The highest BCUT2D eigenvalue weighted by Gasteiger charge is 2.32. The van der Waals surface area contributed by atoms with Gasteiger partial charge < -0.3 is 4.74 Å². The molecule has 2 aromatic rings. The van der Waals surface area contributed by atoms with E-state index in [1.54, 1.807) is 0 Å². The molecule has 0 aromatic heterocycles. The first-order chi connectivity index (χ1) is 17.1. The minimum Gasteiger partial charge on any atom is -0.494 e. The zero-order chi connectivity index (χ0) is 24.2. The summed E-state index contributed by atoms with van der Waals surface area (Å²) in [5.41, 5.74) is 3.73. The molecule has 3 fully saturated rings. The van der Waals surface area contributed by atoms with E-state index in [0.29, 0.717) is 17.8 Å². The Morgan fingerprint density at radius 1 is 0.657 bits per heavy atom. The van der Waals surface area contributed by atoms with Crippen LogP contribution in [-0.4, -0.2) is 6.61 Å². The van der Waals surface area contributed by atoms with E-state index in [-0.39, 0.29) is 5.82 Å². The molecule has 0 saturated heterocycles. The van der Waals surface area contributed by atoms with E-state index in [1.807, 2.05) is 13.0 Å². The van der Waals surface area contributed by atoms with Gasteiger partial charge in [0.2, 0.25) is 0 Å². The van der Waals surface area contributed by atoms with Gasteiger partial charge in [0.15, 0.2) is 0 Å². The van der Waals surface area contributed by atoms with Crippen molar-refractivity contribution in [3.63, 3.8) is 0 Å². The van der Waals surface area contributed by atoms with E-state index in [2.05, 4.69) is 43.3 Å². The molecule has 35 heavy (non-hydrogen) atoms. The summed E-state index contributed by atoms with van der Waals surface area (Å²) in [6.45, 7) is 5.11. The highest BCUT2D eigenvalue weighted by Crippen LogP contribution is 2.46. The summed E-state index contributed by atoms with van der Waals surface area (Å²) in [6.07, 6.45) is 15.3. The van der Waals surface area contributed by atoms with Gasteiger partial charge in [-0.3, -0.25) is 0 Å². The normalized spacial score (nSPS) is 31.7. The van der Waals surface area contributed by atoms with E-state index in [9.17, 15) is 0 Å². The third-order valence-electron chi connectivity index (χ3n) is 9.82. The predicted octanol–water partition coefficient (Wildman–Crippen LogP) is 9.77. The quantitative estimate of drug-likeness (QED) is 0.403. The maximum absolute atomic E-state index is 15.2. The van der Waals surface area contributed by atoms with Crippen molar-refractivity contribution in [2.75, 3.05) is 6.61 Å². The van der Waals surface area contributed by atoms with Crippen molar-refractivity contribution in [1.82, 2.24) is 0 Å². The molecule has 2 aromatic carbocycles. The van der Waals surface area contributed by atoms with Crippen molar-refractivity contribution < 1.29 is 9.13 Å². The molecule has 0 bridgehead atoms. The molecule has 0 spiro atoms. The molecular formula is C33H45FO. The Balaban J connectivity index is 1.11. The zero-order valence-corrected chi connectivity index (χ0v) is 22.0. The van der Waals surface area contributed by atoms with Gasteiger partial charge in [-0.1, -0.05) is 44.0 Å². The summed E-state index contributed by atoms with van der Waals surface area (Å²) < 4.78 is 20.8. The van der Waals surface area contributed by atoms with Crippen LogP contribution < -0.4 is 4.74 Å². The summed E-state index contributed by atoms with van der Waals surface area (Å²) >= 11 is 0. The Hall–Kier alpha value is -1.83. The largest absolute Gasteiger partial charge is 0.494 e. The highest BCUT2D eigenvalue weighted by atomic mass is 19.1. The number of hydrogen-bond donors (Lipinski definition) is 0. The molecule has 0 radical (unpaired) electrons. The van der Waals surface area contributed by atoms with Gasteiger partial charge >= 0.3 is 0 Å². The molecule has 0 unspecified atom stereocenters. The van der Waals surface area contributed by atoms with E-state index < -0.39 is 0 Å². The lowest BCUT2D eigenvalue weighted by atomic mass is 9.67. The van der Waals surface area contributed by atoms with Crippen LogP contribution in [-0.2, 0) is 0 Å². The molecule has 0 amide bonds. The third-order valence-corrected chi connectivity index (χ3v) is 9.82. The fraction of sp³-hybridized carbons (Fsp3) is 0.636. The van der Waals surface area contributed by atoms with Crippen molar-refractivity contribution >= 4 is 0 Å². The fourth-order valence-corrected chi connectivity index (χ4v) is 7.55. The fourth-order valence-electron chi connectivity index (χ4n) is 7.55. The van der Waals surface area contributed by atoms with Crippen LogP contribution >= 0.6 is 0 Å². The van der Waals surface area contributed by atoms with Crippen LogP contribution in [0.25, 0.3) is 0 Å². The minimum atomic E-state index is 0.0698. The van der Waals surface area contributed by atoms with Gasteiger partial charge in [0.25, 0.3) is 0 Å². The third kappa shape index (κ3) is 5.95. The van der Waals surface area contributed by atoms with E-state index in [0.717, 1.165) is 35.7 Å². The van der Waals surface area contributed by atoms with Gasteiger partial charge in [-0.05, 0) is 142 Å². The van der Waals surface area contributed by atoms with Gasteiger partial charge in [-0.15, -0.1) is 0 Å². The summed E-state index contributed by atoms with van der Waals surface area (Å²) in [4.78, 5) is 0. The number of benzene rings is 2. The first-order valence-corrected chi connectivity index (χ1v) is 14.6. The Kier molecular flexibility index (Phi) is 8.15. The van der Waals surface area contributed by atoms with Gasteiger partial charge in [0.05, 0.1) is 6.61 Å². The first-order valence-electron chi connectivity index (χ1n) is 14.6. The second-order valence-electron chi connectivity index (χ2n) is 12.0. The van der Waals surface area contributed by atoms with Crippen molar-refractivity contribution in [2.24, 2.45) is 17.8 Å². The van der Waals surface area contributed by atoms with Crippen molar-refractivity contribution in [2.45, 2.75) is 109 Å². The Bertz CT molecular complexity index is 926. The Labute approximate surface area is 212 Å². The lowest BCUT2D eigenvalue weighted by Crippen LogP contribution is -2.25. The zero-order valence-electron chi connectivity index (χ0n) is 22.0. The van der Waals surface area contributed by atoms with Gasteiger partial charge in [-0.2, -0.15) is 0 Å². The van der Waals surface area contributed by atoms with Crippen LogP contribution in [0.15, 0.2) is 42.5 Å². The van der Waals surface area contributed by atoms with Crippen LogP contribution in [0.4, 0.5) is 4.39 Å². The smallest absolute Gasteiger partial charge is 0.126 e. The molecule has 0 N–H and O–H groups in total. The number of ether oxygens (including phenoxy) is 1. The number of hydrogen-bond acceptors (Lipinski definition) is 1. The second-order valence-corrected chi connectivity index (χ2v) is 12.0. The van der Waals surface area contributed by atoms with E-state index in [1.165, 1.54) is 88.2 Å². The molecule has 1 nitrogen and oxygen atoms in total. The lowest BCUT2D eigenvalue weighted by Gasteiger charge is -2.38. The van der Waals surface area contributed by atoms with Gasteiger partial charge in [0.1, 0.15) is 11.6 Å². The lowest BCUT2D eigenvalue weighted by molar-refractivity contribution is 0.176. The molecule has 190 valence electrons. The van der Waals surface area contributed by atoms with Crippen LogP contribution in [0.5, 0.6) is 5.75 Å². The molecule has 3 saturated carbocycles. The first kappa shape index (κ1) is 24.8. The molecule has 0 aliphatic heterocycles. The summed E-state index contributed by atoms with van der Waals surface area (Å²) in [5.74, 6) is 5.31. The molecule has 3 aliphatic carbocycles. The molecule has 3 aliphatic rings. The summed E-state index contributed by atoms with van der Waals surface area (Å²) in [5, 5.41) is 0. The highest BCUT2D eigenvalue weighted by molar-refractivity contribution is 5.31. The standard InChI is InChI=1S/C33H45FO/c1-3-35-31-19-16-27(17-20-31)25-10-8-24(9-11-25)26-12-14-29(15-13-26)32-21-18-30(22-33(32)34)28-6-4-23(2)5-7-28/h16-26,28-29H,3-15H2,1-2H3. The molecule has 0 atom stereocenters. The van der Waals surface area contributed by atoms with Crippen LogP contribution in [0.2, 0.25) is 0 Å². The van der Waals surface area contributed by atoms with Crippen molar-refractivity contribution in [1.29, 1.82) is 0 Å². The second kappa shape index (κ2) is 11.5. The summed E-state index contributed by atoms with van der Waals surface area (Å²) in [7, 11) is 0. The molecule has 0 heterocycles. The van der Waals surface area contributed by atoms with Gasteiger partial charge in [0, 0.05) is 0 Å². The van der Waals surface area contributed by atoms with Crippen molar-refractivity contribution in [3.05, 3.63) is 65.0 Å². The topological polar surface area (TPSA) is 9.23 Å². The molecule has 5 rings (SSSR count). The maximum atomic E-state index is 15.2. The average molecular weight is 477 g/mol. The monoisotopic (exact) mass is 476 g/mol. The van der Waals surface area contributed by atoms with Crippen LogP contribution in [0, 0.1) is 23.6 Å². The minimum absolute atomic E-state index is 0.0698. The van der Waals surface area contributed by atoms with Gasteiger partial charge in [-0.25, -0.2) is 4.39 Å². The van der Waals surface area contributed by atoms with E-state index >= 15 is 4.39 Å².